The van der Waals surface area contributed by atoms with E-state index in [0.29, 0.717) is 25.2 Å². The Morgan fingerprint density at radius 1 is 0.971 bits per heavy atom. The van der Waals surface area contributed by atoms with Crippen LogP contribution in [0.5, 0.6) is 0 Å². The number of carbonyl (C=O) groups is 2. The molecule has 0 unspecified atom stereocenters. The highest BCUT2D eigenvalue weighted by atomic mass is 19.1. The number of nitrogens with zero attached hydrogens (tertiary/aromatic N) is 2. The molecule has 0 bridgehead atoms. The summed E-state index contributed by atoms with van der Waals surface area (Å²) in [5.41, 5.74) is 3.55. The van der Waals surface area contributed by atoms with Crippen LogP contribution in [0.4, 0.5) is 4.39 Å². The van der Waals surface area contributed by atoms with Crippen LogP contribution in [0.3, 0.4) is 0 Å². The Labute approximate surface area is 199 Å². The highest BCUT2D eigenvalue weighted by Crippen LogP contribution is 2.59. The highest BCUT2D eigenvalue weighted by Gasteiger charge is 2.58. The first-order valence-corrected chi connectivity index (χ1v) is 11.9. The topological polar surface area (TPSA) is 62.3 Å². The van der Waals surface area contributed by atoms with Crippen molar-refractivity contribution in [2.24, 2.45) is 11.3 Å². The largest absolute Gasteiger partial charge is 0.355 e. The lowest BCUT2D eigenvalue weighted by Gasteiger charge is -2.33. The van der Waals surface area contributed by atoms with Crippen LogP contribution in [0, 0.1) is 17.2 Å². The molecule has 6 heteroatoms. The van der Waals surface area contributed by atoms with Gasteiger partial charge in [-0.1, -0.05) is 30.3 Å². The van der Waals surface area contributed by atoms with Gasteiger partial charge >= 0.3 is 0 Å². The fraction of sp³-hybridized carbons (Fsp3) is 0.321. The minimum Gasteiger partial charge on any atom is -0.355 e. The first-order chi connectivity index (χ1) is 16.5. The van der Waals surface area contributed by atoms with Gasteiger partial charge in [-0.2, -0.15) is 0 Å². The molecule has 34 heavy (non-hydrogen) atoms. The third-order valence-electron chi connectivity index (χ3n) is 7.27. The Morgan fingerprint density at radius 3 is 2.29 bits per heavy atom. The molecular formula is C28H28FN3O2. The molecule has 1 aliphatic carbocycles. The summed E-state index contributed by atoms with van der Waals surface area (Å²) < 4.78 is 13.2. The van der Waals surface area contributed by atoms with E-state index in [1.165, 1.54) is 12.1 Å². The maximum absolute atomic E-state index is 13.2. The summed E-state index contributed by atoms with van der Waals surface area (Å²) in [4.78, 5) is 31.8. The lowest BCUT2D eigenvalue weighted by atomic mass is 9.90. The standard InChI is InChI=1S/C28H28FN3O2/c29-23-10-8-21(9-11-23)20-4-6-22(7-5-20)27(34)32-17-13-28(14-18-32)19-25(28)26(33)31-16-12-24-3-1-2-15-30-24/h1-11,15,25H,12-14,16-19H2,(H,31,33)/t25-/m0/s1. The predicted molar refractivity (Wildman–Crippen MR) is 128 cm³/mol. The summed E-state index contributed by atoms with van der Waals surface area (Å²) in [6.07, 6.45) is 5.14. The van der Waals surface area contributed by atoms with Gasteiger partial charge in [-0.05, 0) is 72.2 Å². The second-order valence-corrected chi connectivity index (χ2v) is 9.36. The Bertz CT molecular complexity index is 1150. The number of piperidine rings is 1. The van der Waals surface area contributed by atoms with E-state index in [-0.39, 0.29) is 29.0 Å². The molecule has 1 saturated carbocycles. The maximum Gasteiger partial charge on any atom is 0.253 e. The monoisotopic (exact) mass is 457 g/mol. The van der Waals surface area contributed by atoms with Crippen molar-refractivity contribution in [1.29, 1.82) is 0 Å². The van der Waals surface area contributed by atoms with Gasteiger partial charge in [-0.3, -0.25) is 14.6 Å². The number of rotatable bonds is 6. The summed E-state index contributed by atoms with van der Waals surface area (Å²) in [6.45, 7) is 1.95. The number of halogens is 1. The van der Waals surface area contributed by atoms with Gasteiger partial charge in [0.05, 0.1) is 0 Å². The van der Waals surface area contributed by atoms with Gasteiger partial charge in [0.1, 0.15) is 5.82 Å². The van der Waals surface area contributed by atoms with Crippen molar-refractivity contribution < 1.29 is 14.0 Å². The van der Waals surface area contributed by atoms with Crippen molar-refractivity contribution in [2.45, 2.75) is 25.7 Å². The average Bonchev–Trinajstić information content (AvgIpc) is 3.58. The van der Waals surface area contributed by atoms with E-state index in [2.05, 4.69) is 10.3 Å². The van der Waals surface area contributed by atoms with E-state index < -0.39 is 0 Å². The third-order valence-corrected chi connectivity index (χ3v) is 7.27. The number of benzene rings is 2. The Hall–Kier alpha value is -3.54. The molecule has 1 spiro atoms. The fourth-order valence-electron chi connectivity index (χ4n) is 5.04. The summed E-state index contributed by atoms with van der Waals surface area (Å²) in [5, 5.41) is 3.07. The van der Waals surface area contributed by atoms with Gasteiger partial charge in [0.15, 0.2) is 0 Å². The number of carbonyl (C=O) groups excluding carboxylic acids is 2. The zero-order valence-corrected chi connectivity index (χ0v) is 19.0. The van der Waals surface area contributed by atoms with E-state index >= 15 is 0 Å². The van der Waals surface area contributed by atoms with Crippen LogP contribution in [0.1, 0.15) is 35.3 Å². The molecule has 5 nitrogen and oxygen atoms in total. The number of pyridine rings is 1. The first-order valence-electron chi connectivity index (χ1n) is 11.9. The third kappa shape index (κ3) is 4.72. The van der Waals surface area contributed by atoms with Gasteiger partial charge in [0.2, 0.25) is 5.91 Å². The lowest BCUT2D eigenvalue weighted by molar-refractivity contribution is -0.123. The molecule has 2 heterocycles. The maximum atomic E-state index is 13.2. The van der Waals surface area contributed by atoms with Gasteiger partial charge in [-0.25, -0.2) is 4.39 Å². The molecule has 1 aliphatic heterocycles. The van der Waals surface area contributed by atoms with Crippen molar-refractivity contribution in [1.82, 2.24) is 15.2 Å². The van der Waals surface area contributed by atoms with Crippen LogP contribution in [0.15, 0.2) is 72.9 Å². The van der Waals surface area contributed by atoms with Crippen LogP contribution < -0.4 is 5.32 Å². The first kappa shape index (κ1) is 22.3. The van der Waals surface area contributed by atoms with Gasteiger partial charge in [-0.15, -0.1) is 0 Å². The van der Waals surface area contributed by atoms with Crippen LogP contribution >= 0.6 is 0 Å². The lowest BCUT2D eigenvalue weighted by Crippen LogP contribution is -2.40. The van der Waals surface area contributed by atoms with E-state index in [9.17, 15) is 14.0 Å². The van der Waals surface area contributed by atoms with Crippen molar-refractivity contribution in [3.05, 3.63) is 90.0 Å². The Kier molecular flexibility index (Phi) is 6.14. The smallest absolute Gasteiger partial charge is 0.253 e. The van der Waals surface area contributed by atoms with Crippen molar-refractivity contribution in [2.75, 3.05) is 19.6 Å². The van der Waals surface area contributed by atoms with Crippen molar-refractivity contribution in [3.63, 3.8) is 0 Å². The minimum absolute atomic E-state index is 0.0255. The van der Waals surface area contributed by atoms with Crippen LogP contribution in [0.25, 0.3) is 11.1 Å². The van der Waals surface area contributed by atoms with Crippen LogP contribution in [-0.4, -0.2) is 41.3 Å². The molecule has 2 fully saturated rings. The molecule has 0 radical (unpaired) electrons. The van der Waals surface area contributed by atoms with E-state index in [1.54, 1.807) is 18.3 Å². The molecule has 1 N–H and O–H groups in total. The van der Waals surface area contributed by atoms with Crippen molar-refractivity contribution in [3.8, 4) is 11.1 Å². The summed E-state index contributed by atoms with van der Waals surface area (Å²) in [7, 11) is 0. The molecule has 5 rings (SSSR count). The normalized spacial score (nSPS) is 18.5. The van der Waals surface area contributed by atoms with E-state index in [1.807, 2.05) is 47.4 Å². The van der Waals surface area contributed by atoms with Crippen molar-refractivity contribution >= 4 is 11.8 Å². The van der Waals surface area contributed by atoms with Crippen LogP contribution in [0.2, 0.25) is 0 Å². The fourth-order valence-corrected chi connectivity index (χ4v) is 5.04. The SMILES string of the molecule is O=C(NCCc1ccccn1)[C@@H]1CC12CCN(C(=O)c1ccc(-c3ccc(F)cc3)cc1)CC2. The number of likely N-dealkylation sites (tertiary alicyclic amines) is 1. The number of amides is 2. The van der Waals surface area contributed by atoms with E-state index in [0.717, 1.165) is 42.5 Å². The molecular weight excluding hydrogens is 429 g/mol. The Morgan fingerprint density at radius 2 is 1.65 bits per heavy atom. The van der Waals surface area contributed by atoms with E-state index in [4.69, 9.17) is 0 Å². The highest BCUT2D eigenvalue weighted by molar-refractivity contribution is 5.95. The summed E-state index contributed by atoms with van der Waals surface area (Å²) in [5.74, 6) is -0.0497. The van der Waals surface area contributed by atoms with Gasteiger partial charge in [0.25, 0.3) is 5.91 Å². The quantitative estimate of drug-likeness (QED) is 0.593. The molecule has 3 aromatic rings. The average molecular weight is 458 g/mol. The second kappa shape index (κ2) is 9.37. The van der Waals surface area contributed by atoms with Gasteiger partial charge in [0, 0.05) is 49.4 Å². The zero-order chi connectivity index (χ0) is 23.5. The number of hydrogen-bond acceptors (Lipinski definition) is 3. The molecule has 2 amide bonds. The molecule has 2 aromatic carbocycles. The number of aromatic nitrogens is 1. The second-order valence-electron chi connectivity index (χ2n) is 9.36. The number of hydrogen-bond donors (Lipinski definition) is 1. The minimum atomic E-state index is -0.265. The molecule has 2 aliphatic rings. The van der Waals surface area contributed by atoms with Gasteiger partial charge < -0.3 is 10.2 Å². The Balaban J connectivity index is 1.11. The molecule has 1 aromatic heterocycles. The van der Waals surface area contributed by atoms with Crippen LogP contribution in [-0.2, 0) is 11.2 Å². The molecule has 1 atom stereocenters. The summed E-state index contributed by atoms with van der Waals surface area (Å²) in [6, 6.07) is 19.6. The predicted octanol–water partition coefficient (Wildman–Crippen LogP) is 4.49. The molecule has 174 valence electrons. The summed E-state index contributed by atoms with van der Waals surface area (Å²) >= 11 is 0. The zero-order valence-electron chi connectivity index (χ0n) is 19.0. The number of nitrogens with one attached hydrogen (secondary N) is 1. The molecule has 1 saturated heterocycles.